The van der Waals surface area contributed by atoms with Gasteiger partial charge in [-0.1, -0.05) is 18.2 Å². The van der Waals surface area contributed by atoms with E-state index in [2.05, 4.69) is 16.0 Å². The van der Waals surface area contributed by atoms with Crippen molar-refractivity contribution in [1.82, 2.24) is 9.88 Å². The number of likely N-dealkylation sites (tertiary alicyclic amines) is 1. The molecule has 0 aliphatic carbocycles. The molecule has 5 heteroatoms. The van der Waals surface area contributed by atoms with Crippen molar-refractivity contribution >= 4 is 16.9 Å². The number of hydrogen-bond acceptors (Lipinski definition) is 4. The van der Waals surface area contributed by atoms with Gasteiger partial charge in [-0.25, -0.2) is 4.79 Å². The third-order valence-electron chi connectivity index (χ3n) is 4.84. The van der Waals surface area contributed by atoms with Gasteiger partial charge in [0.15, 0.2) is 0 Å². The molecule has 1 atom stereocenters. The van der Waals surface area contributed by atoms with Crippen LogP contribution in [0.5, 0.6) is 0 Å². The number of carbonyl (C=O) groups is 1. The van der Waals surface area contributed by atoms with Gasteiger partial charge in [0.25, 0.3) is 0 Å². The fourth-order valence-corrected chi connectivity index (χ4v) is 3.74. The second kappa shape index (κ2) is 6.76. The van der Waals surface area contributed by atoms with Crippen molar-refractivity contribution in [2.75, 3.05) is 13.2 Å². The molecule has 0 saturated carbocycles. The Labute approximate surface area is 146 Å². The van der Waals surface area contributed by atoms with Crippen molar-refractivity contribution in [2.24, 2.45) is 0 Å². The van der Waals surface area contributed by atoms with Crippen LogP contribution in [-0.4, -0.2) is 29.0 Å². The number of esters is 1. The summed E-state index contributed by atoms with van der Waals surface area (Å²) >= 11 is 0. The van der Waals surface area contributed by atoms with E-state index in [1.54, 1.807) is 0 Å². The number of rotatable bonds is 5. The molecule has 0 unspecified atom stereocenters. The third kappa shape index (κ3) is 2.96. The van der Waals surface area contributed by atoms with Gasteiger partial charge in [-0.3, -0.25) is 4.90 Å². The van der Waals surface area contributed by atoms with Crippen molar-refractivity contribution in [2.45, 2.75) is 32.4 Å². The fourth-order valence-electron chi connectivity index (χ4n) is 3.74. The number of aromatic nitrogens is 1. The van der Waals surface area contributed by atoms with Crippen molar-refractivity contribution in [3.8, 4) is 0 Å². The number of para-hydroxylation sites is 1. The van der Waals surface area contributed by atoms with Gasteiger partial charge in [0.2, 0.25) is 0 Å². The lowest BCUT2D eigenvalue weighted by molar-refractivity contribution is 0.0523. The minimum absolute atomic E-state index is 0.307. The number of fused-ring (bicyclic) bond motifs is 1. The molecule has 2 aromatic heterocycles. The highest BCUT2D eigenvalue weighted by Gasteiger charge is 2.30. The smallest absolute Gasteiger partial charge is 0.342 e. The van der Waals surface area contributed by atoms with E-state index in [1.165, 1.54) is 5.69 Å². The molecular weight excluding hydrogens is 316 g/mol. The maximum atomic E-state index is 12.5. The lowest BCUT2D eigenvalue weighted by atomic mass is 10.1. The summed E-state index contributed by atoms with van der Waals surface area (Å²) in [5, 5.41) is 0.826. The quantitative estimate of drug-likeness (QED) is 0.706. The number of ether oxygens (including phenoxy) is 1. The van der Waals surface area contributed by atoms with E-state index in [-0.39, 0.29) is 5.97 Å². The van der Waals surface area contributed by atoms with Crippen LogP contribution >= 0.6 is 0 Å². The molecule has 25 heavy (non-hydrogen) atoms. The van der Waals surface area contributed by atoms with Gasteiger partial charge in [0.1, 0.15) is 16.9 Å². The Bertz CT molecular complexity index is 866. The first-order valence-electron chi connectivity index (χ1n) is 8.82. The molecule has 3 heterocycles. The molecule has 1 aromatic carbocycles. The zero-order chi connectivity index (χ0) is 17.2. The summed E-state index contributed by atoms with van der Waals surface area (Å²) < 4.78 is 11.3. The molecule has 1 saturated heterocycles. The molecule has 0 bridgehead atoms. The molecule has 1 aliphatic heterocycles. The topological polar surface area (TPSA) is 58.5 Å². The highest BCUT2D eigenvalue weighted by atomic mass is 16.5. The zero-order valence-corrected chi connectivity index (χ0v) is 14.3. The molecule has 0 amide bonds. The van der Waals surface area contributed by atoms with Crippen LogP contribution in [0, 0.1) is 0 Å². The van der Waals surface area contributed by atoms with Gasteiger partial charge >= 0.3 is 5.97 Å². The number of aromatic amines is 1. The molecule has 1 N–H and O–H groups in total. The molecule has 1 fully saturated rings. The highest BCUT2D eigenvalue weighted by Crippen LogP contribution is 2.35. The predicted octanol–water partition coefficient (Wildman–Crippen LogP) is 4.27. The first kappa shape index (κ1) is 16.0. The van der Waals surface area contributed by atoms with Crippen LogP contribution in [0.3, 0.4) is 0 Å². The number of nitrogens with zero attached hydrogens (tertiary/aromatic N) is 1. The Morgan fingerprint density at radius 2 is 2.20 bits per heavy atom. The van der Waals surface area contributed by atoms with Crippen LogP contribution in [0.2, 0.25) is 0 Å². The molecule has 130 valence electrons. The standard InChI is InChI=1S/C20H22N2O3/c1-2-24-20(23)19-14-7-3-4-10-17(14)25-18(19)13-22-12-6-9-16(22)15-8-5-11-21-15/h3-5,7-8,10-11,16,21H,2,6,9,12-13H2,1H3/t16-/m1/s1. The molecule has 0 radical (unpaired) electrons. The van der Waals surface area contributed by atoms with Crippen LogP contribution in [0.1, 0.15) is 47.6 Å². The third-order valence-corrected chi connectivity index (χ3v) is 4.84. The fraction of sp³-hybridized carbons (Fsp3) is 0.350. The summed E-state index contributed by atoms with van der Waals surface area (Å²) in [6.07, 6.45) is 4.20. The Kier molecular flexibility index (Phi) is 4.32. The average Bonchev–Trinajstić information content (AvgIpc) is 3.34. The molecular formula is C20H22N2O3. The normalized spacial score (nSPS) is 18.0. The summed E-state index contributed by atoms with van der Waals surface area (Å²) in [5.74, 6) is 0.385. The van der Waals surface area contributed by atoms with Crippen molar-refractivity contribution in [1.29, 1.82) is 0 Å². The van der Waals surface area contributed by atoms with E-state index < -0.39 is 0 Å². The monoisotopic (exact) mass is 338 g/mol. The van der Waals surface area contributed by atoms with Crippen molar-refractivity contribution < 1.29 is 13.9 Å². The summed E-state index contributed by atoms with van der Waals surface area (Å²) in [4.78, 5) is 18.2. The number of carbonyl (C=O) groups excluding carboxylic acids is 1. The second-order valence-electron chi connectivity index (χ2n) is 6.37. The van der Waals surface area contributed by atoms with Crippen LogP contribution in [-0.2, 0) is 11.3 Å². The first-order chi connectivity index (χ1) is 12.3. The second-order valence-corrected chi connectivity index (χ2v) is 6.37. The lowest BCUT2D eigenvalue weighted by Gasteiger charge is -2.23. The Morgan fingerprint density at radius 3 is 3.00 bits per heavy atom. The summed E-state index contributed by atoms with van der Waals surface area (Å²) in [6, 6.07) is 12.1. The molecule has 0 spiro atoms. The molecule has 3 aromatic rings. The SMILES string of the molecule is CCOC(=O)c1c(CN2CCC[C@@H]2c2ccc[nH]2)oc2ccccc12. The first-order valence-corrected chi connectivity index (χ1v) is 8.82. The number of hydrogen-bond donors (Lipinski definition) is 1. The number of benzene rings is 1. The largest absolute Gasteiger partial charge is 0.462 e. The summed E-state index contributed by atoms with van der Waals surface area (Å²) in [5.41, 5.74) is 2.51. The lowest BCUT2D eigenvalue weighted by Crippen LogP contribution is -2.24. The van der Waals surface area contributed by atoms with Gasteiger partial charge in [0.05, 0.1) is 19.2 Å². The predicted molar refractivity (Wildman–Crippen MR) is 95.3 cm³/mol. The van der Waals surface area contributed by atoms with E-state index >= 15 is 0 Å². The Morgan fingerprint density at radius 1 is 1.32 bits per heavy atom. The molecule has 4 rings (SSSR count). The van der Waals surface area contributed by atoms with E-state index in [4.69, 9.17) is 9.15 Å². The maximum Gasteiger partial charge on any atom is 0.342 e. The van der Waals surface area contributed by atoms with E-state index in [1.807, 2.05) is 43.5 Å². The van der Waals surface area contributed by atoms with Crippen LogP contribution in [0.4, 0.5) is 0 Å². The van der Waals surface area contributed by atoms with Crippen molar-refractivity contribution in [3.05, 3.63) is 59.6 Å². The number of furan rings is 1. The molecule has 1 aliphatic rings. The zero-order valence-electron chi connectivity index (χ0n) is 14.3. The Hall–Kier alpha value is -2.53. The van der Waals surface area contributed by atoms with Crippen LogP contribution in [0.25, 0.3) is 11.0 Å². The minimum Gasteiger partial charge on any atom is -0.462 e. The van der Waals surface area contributed by atoms with Gasteiger partial charge in [0, 0.05) is 17.3 Å². The van der Waals surface area contributed by atoms with E-state index in [0.29, 0.717) is 30.5 Å². The van der Waals surface area contributed by atoms with Gasteiger partial charge < -0.3 is 14.1 Å². The number of H-pyrrole nitrogens is 1. The Balaban J connectivity index is 1.69. The van der Waals surface area contributed by atoms with Crippen molar-refractivity contribution in [3.63, 3.8) is 0 Å². The minimum atomic E-state index is -0.307. The summed E-state index contributed by atoms with van der Waals surface area (Å²) in [7, 11) is 0. The van der Waals surface area contributed by atoms with E-state index in [9.17, 15) is 4.79 Å². The average molecular weight is 338 g/mol. The van der Waals surface area contributed by atoms with Crippen LogP contribution < -0.4 is 0 Å². The highest BCUT2D eigenvalue weighted by molar-refractivity contribution is 6.04. The van der Waals surface area contributed by atoms with Gasteiger partial charge in [-0.2, -0.15) is 0 Å². The van der Waals surface area contributed by atoms with Gasteiger partial charge in [-0.05, 0) is 44.5 Å². The summed E-state index contributed by atoms with van der Waals surface area (Å²) in [6.45, 7) is 3.77. The van der Waals surface area contributed by atoms with Gasteiger partial charge in [-0.15, -0.1) is 0 Å². The van der Waals surface area contributed by atoms with Crippen LogP contribution in [0.15, 0.2) is 47.0 Å². The number of nitrogens with one attached hydrogen (secondary N) is 1. The molecule has 5 nitrogen and oxygen atoms in total. The van der Waals surface area contributed by atoms with E-state index in [0.717, 1.165) is 30.4 Å². The maximum absolute atomic E-state index is 12.5.